The first-order chi connectivity index (χ1) is 8.74. The molecule has 0 aliphatic heterocycles. The highest BCUT2D eigenvalue weighted by Crippen LogP contribution is 2.21. The molecule has 0 bridgehead atoms. The van der Waals surface area contributed by atoms with E-state index in [0.717, 1.165) is 29.9 Å². The summed E-state index contributed by atoms with van der Waals surface area (Å²) in [4.78, 5) is 19.2. The number of H-pyrrole nitrogens is 1. The normalized spacial score (nSPS) is 10.8. The predicted octanol–water partition coefficient (Wildman–Crippen LogP) is 3.34. The van der Waals surface area contributed by atoms with Crippen LogP contribution in [0.25, 0.3) is 11.3 Å². The van der Waals surface area contributed by atoms with Gasteiger partial charge in [-0.25, -0.2) is 4.98 Å². The van der Waals surface area contributed by atoms with Crippen molar-refractivity contribution in [1.29, 1.82) is 0 Å². The van der Waals surface area contributed by atoms with E-state index in [2.05, 4.69) is 23.8 Å². The van der Waals surface area contributed by atoms with Crippen molar-refractivity contribution in [1.82, 2.24) is 9.97 Å². The Morgan fingerprint density at radius 2 is 1.83 bits per heavy atom. The van der Waals surface area contributed by atoms with Gasteiger partial charge in [-0.1, -0.05) is 44.2 Å². The highest BCUT2D eigenvalue weighted by molar-refractivity contribution is 5.58. The van der Waals surface area contributed by atoms with Crippen LogP contribution in [0.3, 0.4) is 0 Å². The summed E-state index contributed by atoms with van der Waals surface area (Å²) in [6.07, 6.45) is 1.97. The lowest BCUT2D eigenvalue weighted by Gasteiger charge is -2.12. The van der Waals surface area contributed by atoms with Crippen LogP contribution < -0.4 is 5.56 Å². The molecule has 0 fully saturated rings. The molecule has 2 aromatic rings. The summed E-state index contributed by atoms with van der Waals surface area (Å²) < 4.78 is 0. The Bertz CT molecular complexity index is 556. The van der Waals surface area contributed by atoms with E-state index in [1.807, 2.05) is 30.3 Å². The van der Waals surface area contributed by atoms with Gasteiger partial charge in [-0.2, -0.15) is 0 Å². The minimum Gasteiger partial charge on any atom is -0.310 e. The number of hydrogen-bond acceptors (Lipinski definition) is 2. The monoisotopic (exact) mass is 242 g/mol. The molecule has 0 aliphatic carbocycles. The predicted molar refractivity (Wildman–Crippen MR) is 73.6 cm³/mol. The Morgan fingerprint density at radius 3 is 2.44 bits per heavy atom. The van der Waals surface area contributed by atoms with Gasteiger partial charge in [-0.3, -0.25) is 4.79 Å². The topological polar surface area (TPSA) is 45.8 Å². The first-order valence-electron chi connectivity index (χ1n) is 6.41. The van der Waals surface area contributed by atoms with Gasteiger partial charge in [-0.05, 0) is 12.8 Å². The standard InChI is InChI=1S/C15H18N2O/c1-3-11(4-2)15-16-13(10-14(18)17-15)12-8-6-5-7-9-12/h5-11H,3-4H2,1-2H3,(H,16,17,18). The van der Waals surface area contributed by atoms with E-state index in [9.17, 15) is 4.79 Å². The summed E-state index contributed by atoms with van der Waals surface area (Å²) >= 11 is 0. The van der Waals surface area contributed by atoms with E-state index < -0.39 is 0 Å². The molecule has 1 N–H and O–H groups in total. The minimum atomic E-state index is -0.0780. The van der Waals surface area contributed by atoms with Gasteiger partial charge in [0.1, 0.15) is 5.82 Å². The molecule has 2 rings (SSSR count). The summed E-state index contributed by atoms with van der Waals surface area (Å²) in [6, 6.07) is 11.4. The molecule has 0 spiro atoms. The van der Waals surface area contributed by atoms with Crippen LogP contribution in [-0.4, -0.2) is 9.97 Å². The molecule has 1 aromatic heterocycles. The molecular weight excluding hydrogens is 224 g/mol. The number of hydrogen-bond donors (Lipinski definition) is 1. The molecule has 3 nitrogen and oxygen atoms in total. The summed E-state index contributed by atoms with van der Waals surface area (Å²) in [5.41, 5.74) is 1.66. The zero-order valence-electron chi connectivity index (χ0n) is 10.8. The molecule has 0 radical (unpaired) electrons. The molecule has 0 saturated carbocycles. The van der Waals surface area contributed by atoms with Crippen LogP contribution in [0.15, 0.2) is 41.2 Å². The largest absolute Gasteiger partial charge is 0.310 e. The molecule has 0 amide bonds. The quantitative estimate of drug-likeness (QED) is 0.893. The van der Waals surface area contributed by atoms with E-state index in [1.165, 1.54) is 0 Å². The molecule has 18 heavy (non-hydrogen) atoms. The second kappa shape index (κ2) is 5.63. The molecule has 1 aromatic carbocycles. The summed E-state index contributed by atoms with van der Waals surface area (Å²) in [7, 11) is 0. The van der Waals surface area contributed by atoms with Gasteiger partial charge in [0.2, 0.25) is 0 Å². The lowest BCUT2D eigenvalue weighted by atomic mass is 10.0. The second-order valence-corrected chi connectivity index (χ2v) is 4.40. The second-order valence-electron chi connectivity index (χ2n) is 4.40. The van der Waals surface area contributed by atoms with Gasteiger partial charge < -0.3 is 4.98 Å². The van der Waals surface area contributed by atoms with Crippen LogP contribution >= 0.6 is 0 Å². The lowest BCUT2D eigenvalue weighted by molar-refractivity contribution is 0.600. The van der Waals surface area contributed by atoms with Gasteiger partial charge in [-0.15, -0.1) is 0 Å². The number of benzene rings is 1. The highest BCUT2D eigenvalue weighted by atomic mass is 16.1. The third-order valence-corrected chi connectivity index (χ3v) is 3.20. The van der Waals surface area contributed by atoms with Crippen LogP contribution in [0, 0.1) is 0 Å². The zero-order valence-corrected chi connectivity index (χ0v) is 10.8. The Morgan fingerprint density at radius 1 is 1.17 bits per heavy atom. The lowest BCUT2D eigenvalue weighted by Crippen LogP contribution is -2.14. The van der Waals surface area contributed by atoms with Crippen molar-refractivity contribution in [2.75, 3.05) is 0 Å². The molecule has 94 valence electrons. The summed E-state index contributed by atoms with van der Waals surface area (Å²) in [5, 5.41) is 0. The Labute approximate surface area is 107 Å². The maximum Gasteiger partial charge on any atom is 0.251 e. The molecule has 0 aliphatic rings. The van der Waals surface area contributed by atoms with Crippen molar-refractivity contribution in [2.24, 2.45) is 0 Å². The third kappa shape index (κ3) is 2.67. The van der Waals surface area contributed by atoms with Gasteiger partial charge in [0.15, 0.2) is 0 Å². The Balaban J connectivity index is 2.48. The SMILES string of the molecule is CCC(CC)c1nc(-c2ccccc2)cc(=O)[nH]1. The number of aromatic amines is 1. The molecule has 3 heteroatoms. The summed E-state index contributed by atoms with van der Waals surface area (Å²) in [6.45, 7) is 4.23. The van der Waals surface area contributed by atoms with Crippen molar-refractivity contribution in [2.45, 2.75) is 32.6 Å². The first-order valence-corrected chi connectivity index (χ1v) is 6.41. The van der Waals surface area contributed by atoms with Gasteiger partial charge in [0, 0.05) is 17.5 Å². The van der Waals surface area contributed by atoms with Crippen molar-refractivity contribution in [3.8, 4) is 11.3 Å². The van der Waals surface area contributed by atoms with Crippen molar-refractivity contribution in [3.63, 3.8) is 0 Å². The van der Waals surface area contributed by atoms with Crippen molar-refractivity contribution in [3.05, 3.63) is 52.6 Å². The maximum absolute atomic E-state index is 11.7. The average molecular weight is 242 g/mol. The van der Waals surface area contributed by atoms with E-state index in [0.29, 0.717) is 5.92 Å². The fraction of sp³-hybridized carbons (Fsp3) is 0.333. The van der Waals surface area contributed by atoms with Crippen LogP contribution in [0.2, 0.25) is 0 Å². The van der Waals surface area contributed by atoms with Gasteiger partial charge in [0.05, 0.1) is 5.69 Å². The number of nitrogens with one attached hydrogen (secondary N) is 1. The maximum atomic E-state index is 11.7. The van der Waals surface area contributed by atoms with Crippen LogP contribution in [0.4, 0.5) is 0 Å². The Hall–Kier alpha value is -1.90. The van der Waals surface area contributed by atoms with Crippen molar-refractivity contribution >= 4 is 0 Å². The Kier molecular flexibility index (Phi) is 3.92. The van der Waals surface area contributed by atoms with E-state index in [4.69, 9.17) is 0 Å². The van der Waals surface area contributed by atoms with Gasteiger partial charge in [0.25, 0.3) is 5.56 Å². The van der Waals surface area contributed by atoms with Crippen LogP contribution in [-0.2, 0) is 0 Å². The van der Waals surface area contributed by atoms with Crippen LogP contribution in [0.1, 0.15) is 38.4 Å². The van der Waals surface area contributed by atoms with Gasteiger partial charge >= 0.3 is 0 Å². The fourth-order valence-corrected chi connectivity index (χ4v) is 2.10. The van der Waals surface area contributed by atoms with Crippen LogP contribution in [0.5, 0.6) is 0 Å². The molecule has 0 saturated heterocycles. The molecule has 1 heterocycles. The number of aromatic nitrogens is 2. The van der Waals surface area contributed by atoms with Crippen molar-refractivity contribution < 1.29 is 0 Å². The number of nitrogens with zero attached hydrogens (tertiary/aromatic N) is 1. The molecule has 0 unspecified atom stereocenters. The average Bonchev–Trinajstić information content (AvgIpc) is 2.40. The highest BCUT2D eigenvalue weighted by Gasteiger charge is 2.11. The fourth-order valence-electron chi connectivity index (χ4n) is 2.10. The van der Waals surface area contributed by atoms with E-state index in [1.54, 1.807) is 6.07 Å². The third-order valence-electron chi connectivity index (χ3n) is 3.20. The van der Waals surface area contributed by atoms with E-state index >= 15 is 0 Å². The minimum absolute atomic E-state index is 0.0780. The number of rotatable bonds is 4. The van der Waals surface area contributed by atoms with E-state index in [-0.39, 0.29) is 5.56 Å². The first kappa shape index (κ1) is 12.6. The molecule has 0 atom stereocenters. The zero-order chi connectivity index (χ0) is 13.0. The summed E-state index contributed by atoms with van der Waals surface area (Å²) in [5.74, 6) is 1.12. The molecular formula is C15H18N2O. The smallest absolute Gasteiger partial charge is 0.251 e.